The van der Waals surface area contributed by atoms with Gasteiger partial charge < -0.3 is 10.0 Å². The van der Waals surface area contributed by atoms with Crippen molar-refractivity contribution in [2.24, 2.45) is 5.92 Å². The van der Waals surface area contributed by atoms with Crippen molar-refractivity contribution in [2.75, 3.05) is 11.3 Å². The Labute approximate surface area is 229 Å². The minimum atomic E-state index is -4.13. The molecule has 0 aliphatic carbocycles. The van der Waals surface area contributed by atoms with E-state index in [1.165, 1.54) is 18.2 Å². The molecule has 2 aromatic carbocycles. The van der Waals surface area contributed by atoms with E-state index in [1.54, 1.807) is 17.0 Å². The topological polar surface area (TPSA) is 112 Å². The fraction of sp³-hybridized carbons (Fsp3) is 0.393. The lowest BCUT2D eigenvalue weighted by Gasteiger charge is -2.40. The highest BCUT2D eigenvalue weighted by Crippen LogP contribution is 2.29. The molecule has 1 amide bonds. The van der Waals surface area contributed by atoms with Crippen molar-refractivity contribution in [1.29, 1.82) is 0 Å². The van der Waals surface area contributed by atoms with Crippen LogP contribution in [0.15, 0.2) is 53.4 Å². The van der Waals surface area contributed by atoms with Crippen molar-refractivity contribution in [3.8, 4) is 11.3 Å². The third kappa shape index (κ3) is 6.17. The van der Waals surface area contributed by atoms with Gasteiger partial charge in [-0.3, -0.25) is 4.79 Å². The predicted octanol–water partition coefficient (Wildman–Crippen LogP) is 5.23. The van der Waals surface area contributed by atoms with Crippen LogP contribution in [0.4, 0.5) is 5.95 Å². The number of hydrogen-bond acceptors (Lipinski definition) is 6. The van der Waals surface area contributed by atoms with Crippen LogP contribution in [0.25, 0.3) is 11.3 Å². The SMILES string of the molecule is Cc1cccc(C)c1-c1cc(Cl)nc(NS(=O)(=O)c2cccc(C(=O)N3CCCC(O)C3CC(C)C)c2)n1. The van der Waals surface area contributed by atoms with Crippen LogP contribution in [-0.2, 0) is 10.0 Å². The zero-order chi connectivity index (χ0) is 27.6. The third-order valence-electron chi connectivity index (χ3n) is 6.77. The molecule has 2 unspecified atom stereocenters. The molecule has 2 heterocycles. The summed E-state index contributed by atoms with van der Waals surface area (Å²) >= 11 is 6.24. The molecular weight excluding hydrogens is 524 g/mol. The van der Waals surface area contributed by atoms with Gasteiger partial charge in [0.05, 0.1) is 22.7 Å². The van der Waals surface area contributed by atoms with Crippen LogP contribution in [-0.4, -0.2) is 53.0 Å². The first kappa shape index (κ1) is 28.0. The van der Waals surface area contributed by atoms with E-state index in [9.17, 15) is 18.3 Å². The Morgan fingerprint density at radius 3 is 2.50 bits per heavy atom. The van der Waals surface area contributed by atoms with E-state index in [-0.39, 0.29) is 33.5 Å². The second-order valence-electron chi connectivity index (χ2n) is 10.2. The fourth-order valence-corrected chi connectivity index (χ4v) is 6.18. The van der Waals surface area contributed by atoms with Crippen molar-refractivity contribution in [2.45, 2.75) is 64.0 Å². The second-order valence-corrected chi connectivity index (χ2v) is 12.3. The summed E-state index contributed by atoms with van der Waals surface area (Å²) in [7, 11) is -4.13. The van der Waals surface area contributed by atoms with E-state index in [0.29, 0.717) is 37.4 Å². The van der Waals surface area contributed by atoms with E-state index in [0.717, 1.165) is 16.7 Å². The van der Waals surface area contributed by atoms with Crippen LogP contribution in [0.1, 0.15) is 54.6 Å². The normalized spacial score (nSPS) is 18.0. The smallest absolute Gasteiger partial charge is 0.264 e. The number of aliphatic hydroxyl groups excluding tert-OH is 1. The lowest BCUT2D eigenvalue weighted by Crippen LogP contribution is -2.51. The highest BCUT2D eigenvalue weighted by Gasteiger charge is 2.34. The number of aliphatic hydroxyl groups is 1. The summed E-state index contributed by atoms with van der Waals surface area (Å²) < 4.78 is 29.0. The van der Waals surface area contributed by atoms with Gasteiger partial charge in [-0.15, -0.1) is 0 Å². The zero-order valence-corrected chi connectivity index (χ0v) is 23.6. The number of rotatable bonds is 7. The van der Waals surface area contributed by atoms with E-state index < -0.39 is 16.1 Å². The molecule has 2 atom stereocenters. The number of aromatic nitrogens is 2. The molecule has 10 heteroatoms. The summed E-state index contributed by atoms with van der Waals surface area (Å²) in [6, 6.07) is 13.0. The number of anilines is 1. The van der Waals surface area contributed by atoms with E-state index >= 15 is 0 Å². The number of amides is 1. The number of carbonyl (C=O) groups is 1. The van der Waals surface area contributed by atoms with Crippen LogP contribution < -0.4 is 4.72 Å². The maximum absolute atomic E-state index is 13.4. The molecular formula is C28H33ClN4O4S. The lowest BCUT2D eigenvalue weighted by molar-refractivity contribution is 0.00470. The highest BCUT2D eigenvalue weighted by molar-refractivity contribution is 7.92. The molecule has 0 spiro atoms. The molecule has 2 N–H and O–H groups in total. The average Bonchev–Trinajstić information content (AvgIpc) is 2.84. The summed E-state index contributed by atoms with van der Waals surface area (Å²) in [5.41, 5.74) is 3.53. The van der Waals surface area contributed by atoms with Crippen LogP contribution in [0.5, 0.6) is 0 Å². The van der Waals surface area contributed by atoms with Crippen molar-refractivity contribution in [3.63, 3.8) is 0 Å². The van der Waals surface area contributed by atoms with Crippen LogP contribution in [0.2, 0.25) is 5.15 Å². The minimum absolute atomic E-state index is 0.0964. The molecule has 4 rings (SSSR count). The Morgan fingerprint density at radius 1 is 1.13 bits per heavy atom. The molecule has 1 aliphatic rings. The van der Waals surface area contributed by atoms with Crippen molar-refractivity contribution >= 4 is 33.5 Å². The van der Waals surface area contributed by atoms with Crippen molar-refractivity contribution in [3.05, 3.63) is 70.4 Å². The Kier molecular flexibility index (Phi) is 8.40. The minimum Gasteiger partial charge on any atom is -0.391 e. The molecule has 0 radical (unpaired) electrons. The number of aryl methyl sites for hydroxylation is 2. The Morgan fingerprint density at radius 2 is 1.82 bits per heavy atom. The number of nitrogens with zero attached hydrogens (tertiary/aromatic N) is 3. The highest BCUT2D eigenvalue weighted by atomic mass is 35.5. The van der Waals surface area contributed by atoms with Gasteiger partial charge in [0.15, 0.2) is 0 Å². The first-order valence-electron chi connectivity index (χ1n) is 12.7. The first-order valence-corrected chi connectivity index (χ1v) is 14.6. The molecule has 1 aliphatic heterocycles. The van der Waals surface area contributed by atoms with Gasteiger partial charge in [-0.1, -0.05) is 49.7 Å². The van der Waals surface area contributed by atoms with Crippen LogP contribution in [0, 0.1) is 19.8 Å². The number of benzene rings is 2. The van der Waals surface area contributed by atoms with Gasteiger partial charge in [0, 0.05) is 23.7 Å². The molecule has 0 saturated carbocycles. The third-order valence-corrected chi connectivity index (χ3v) is 8.29. The van der Waals surface area contributed by atoms with Gasteiger partial charge in [-0.05, 0) is 68.4 Å². The first-order chi connectivity index (χ1) is 18.0. The Bertz CT molecular complexity index is 1420. The monoisotopic (exact) mass is 556 g/mol. The maximum Gasteiger partial charge on any atom is 0.264 e. The van der Waals surface area contributed by atoms with Gasteiger partial charge in [-0.25, -0.2) is 23.1 Å². The summed E-state index contributed by atoms with van der Waals surface area (Å²) in [6.45, 7) is 8.49. The van der Waals surface area contributed by atoms with E-state index in [2.05, 4.69) is 14.7 Å². The predicted molar refractivity (Wildman–Crippen MR) is 149 cm³/mol. The largest absolute Gasteiger partial charge is 0.391 e. The van der Waals surface area contributed by atoms with E-state index in [4.69, 9.17) is 11.6 Å². The molecule has 1 fully saturated rings. The molecule has 38 heavy (non-hydrogen) atoms. The number of nitrogens with one attached hydrogen (secondary N) is 1. The number of hydrogen-bond donors (Lipinski definition) is 2. The van der Waals surface area contributed by atoms with Gasteiger partial charge in [-0.2, -0.15) is 0 Å². The molecule has 8 nitrogen and oxygen atoms in total. The number of carbonyl (C=O) groups excluding carboxylic acids is 1. The van der Waals surface area contributed by atoms with Gasteiger partial charge in [0.25, 0.3) is 15.9 Å². The number of sulfonamides is 1. The maximum atomic E-state index is 13.4. The van der Waals surface area contributed by atoms with Crippen molar-refractivity contribution in [1.82, 2.24) is 14.9 Å². The van der Waals surface area contributed by atoms with Crippen LogP contribution >= 0.6 is 11.6 Å². The molecule has 1 aromatic heterocycles. The van der Waals surface area contributed by atoms with Crippen molar-refractivity contribution < 1.29 is 18.3 Å². The quantitative estimate of drug-likeness (QED) is 0.385. The average molecular weight is 557 g/mol. The number of likely N-dealkylation sites (tertiary alicyclic amines) is 1. The summed E-state index contributed by atoms with van der Waals surface area (Å²) in [6.07, 6.45) is 1.40. The zero-order valence-electron chi connectivity index (χ0n) is 22.0. The molecule has 1 saturated heterocycles. The molecule has 202 valence electrons. The number of piperidine rings is 1. The molecule has 0 bridgehead atoms. The number of halogens is 1. The summed E-state index contributed by atoms with van der Waals surface area (Å²) in [5.74, 6) is -0.171. The van der Waals surface area contributed by atoms with Gasteiger partial charge in [0.1, 0.15) is 5.15 Å². The van der Waals surface area contributed by atoms with Crippen LogP contribution in [0.3, 0.4) is 0 Å². The van der Waals surface area contributed by atoms with Gasteiger partial charge in [0.2, 0.25) is 5.95 Å². The Hall–Kier alpha value is -3.01. The van der Waals surface area contributed by atoms with Gasteiger partial charge >= 0.3 is 0 Å². The molecule has 3 aromatic rings. The Balaban J connectivity index is 1.62. The summed E-state index contributed by atoms with van der Waals surface area (Å²) in [4.78, 5) is 23.5. The van der Waals surface area contributed by atoms with E-state index in [1.807, 2.05) is 45.9 Å². The fourth-order valence-electron chi connectivity index (χ4n) is 5.01. The lowest BCUT2D eigenvalue weighted by atomic mass is 9.91. The second kappa shape index (κ2) is 11.4. The standard InChI is InChI=1S/C28H33ClN4O4S/c1-17(2)14-23-24(34)12-7-13-33(23)27(35)20-10-6-11-21(15-20)38(36,37)32-28-30-22(16-25(29)31-28)26-18(3)8-5-9-19(26)4/h5-6,8-11,15-17,23-24,34H,7,12-14H2,1-4H3,(H,30,31,32). The summed E-state index contributed by atoms with van der Waals surface area (Å²) in [5, 5.41) is 10.7.